The molecule has 2 nitrogen and oxygen atoms in total. The number of aryl methyl sites for hydroxylation is 1. The zero-order valence-corrected chi connectivity index (χ0v) is 11.6. The minimum atomic E-state index is 0.0323. The molecule has 0 spiro atoms. The third-order valence-corrected chi connectivity index (χ3v) is 2.89. The molecule has 1 heterocycles. The van der Waals surface area contributed by atoms with E-state index in [4.69, 9.17) is 0 Å². The van der Waals surface area contributed by atoms with Gasteiger partial charge in [-0.3, -0.25) is 4.79 Å². The third-order valence-electron chi connectivity index (χ3n) is 2.89. The lowest BCUT2D eigenvalue weighted by atomic mass is 10.0. The van der Waals surface area contributed by atoms with Crippen molar-refractivity contribution in [2.75, 3.05) is 11.4 Å². The second-order valence-corrected chi connectivity index (χ2v) is 4.57. The number of anilines is 1. The van der Waals surface area contributed by atoms with E-state index in [1.54, 1.807) is 0 Å². The van der Waals surface area contributed by atoms with Crippen LogP contribution in [0.2, 0.25) is 0 Å². The van der Waals surface area contributed by atoms with Gasteiger partial charge in [-0.2, -0.15) is 0 Å². The molecule has 0 saturated carbocycles. The highest BCUT2D eigenvalue weighted by atomic mass is 16.2. The average molecular weight is 233 g/mol. The van der Waals surface area contributed by atoms with E-state index in [-0.39, 0.29) is 11.8 Å². The van der Waals surface area contributed by atoms with Crippen LogP contribution in [0.4, 0.5) is 5.69 Å². The smallest absolute Gasteiger partial charge is 0.234 e. The van der Waals surface area contributed by atoms with Crippen molar-refractivity contribution in [2.24, 2.45) is 0 Å². The molecule has 0 aliphatic carbocycles. The van der Waals surface area contributed by atoms with Crippen molar-refractivity contribution in [3.8, 4) is 0 Å². The molecule has 0 aromatic heterocycles. The second-order valence-electron chi connectivity index (χ2n) is 4.57. The Balaban J connectivity index is 0.000000437. The molecule has 94 valence electrons. The molecule has 1 aromatic carbocycles. The van der Waals surface area contributed by atoms with E-state index < -0.39 is 0 Å². The number of benzene rings is 1. The molecule has 1 aliphatic rings. The van der Waals surface area contributed by atoms with Crippen LogP contribution < -0.4 is 4.90 Å². The topological polar surface area (TPSA) is 20.3 Å². The first-order chi connectivity index (χ1) is 8.06. The number of hydrogen-bond donors (Lipinski definition) is 0. The fourth-order valence-electron chi connectivity index (χ4n) is 2.08. The Hall–Kier alpha value is -1.31. The van der Waals surface area contributed by atoms with Crippen LogP contribution in [0.5, 0.6) is 0 Å². The van der Waals surface area contributed by atoms with Gasteiger partial charge in [0.25, 0.3) is 0 Å². The Morgan fingerprint density at radius 2 is 1.82 bits per heavy atom. The van der Waals surface area contributed by atoms with Crippen LogP contribution in [0.1, 0.15) is 51.2 Å². The molecule has 0 radical (unpaired) electrons. The first kappa shape index (κ1) is 13.8. The van der Waals surface area contributed by atoms with Gasteiger partial charge in [0.05, 0.1) is 5.92 Å². The number of fused-ring (bicyclic) bond motifs is 1. The molecule has 0 N–H and O–H groups in total. The number of carbonyl (C=O) groups is 1. The van der Waals surface area contributed by atoms with Crippen LogP contribution in [0.3, 0.4) is 0 Å². The number of carbonyl (C=O) groups excluding carboxylic acids is 1. The van der Waals surface area contributed by atoms with Crippen LogP contribution in [-0.2, 0) is 4.79 Å². The van der Waals surface area contributed by atoms with Crippen LogP contribution >= 0.6 is 0 Å². The van der Waals surface area contributed by atoms with Gasteiger partial charge in [-0.05, 0) is 32.4 Å². The van der Waals surface area contributed by atoms with E-state index in [1.165, 1.54) is 17.5 Å². The molecule has 2 heteroatoms. The summed E-state index contributed by atoms with van der Waals surface area (Å²) < 4.78 is 0. The molecule has 1 atom stereocenters. The van der Waals surface area contributed by atoms with Crippen molar-refractivity contribution in [3.05, 3.63) is 29.3 Å². The number of hydrogen-bond acceptors (Lipinski definition) is 1. The van der Waals surface area contributed by atoms with E-state index >= 15 is 0 Å². The highest BCUT2D eigenvalue weighted by Gasteiger charge is 2.32. The van der Waals surface area contributed by atoms with E-state index in [2.05, 4.69) is 39.0 Å². The summed E-state index contributed by atoms with van der Waals surface area (Å²) in [7, 11) is 0. The normalized spacial score (nSPS) is 17.6. The lowest BCUT2D eigenvalue weighted by molar-refractivity contribution is -0.118. The van der Waals surface area contributed by atoms with E-state index in [0.717, 1.165) is 12.2 Å². The Bertz CT molecular complexity index is 398. The molecular weight excluding hydrogens is 210 g/mol. The first-order valence-corrected chi connectivity index (χ1v) is 6.48. The first-order valence-electron chi connectivity index (χ1n) is 6.48. The lowest BCUT2D eigenvalue weighted by Crippen LogP contribution is -2.27. The van der Waals surface area contributed by atoms with Gasteiger partial charge in [0.2, 0.25) is 5.91 Å². The monoisotopic (exact) mass is 233 g/mol. The summed E-state index contributed by atoms with van der Waals surface area (Å²) in [6.07, 6.45) is 1.25. The number of rotatable bonds is 1. The molecule has 0 fully saturated rings. The SMILES string of the molecule is CCC.CCN1C(=O)C(C)c2cc(C)ccc21. The minimum Gasteiger partial charge on any atom is -0.312 e. The summed E-state index contributed by atoms with van der Waals surface area (Å²) >= 11 is 0. The second kappa shape index (κ2) is 5.85. The maximum absolute atomic E-state index is 11.8. The van der Waals surface area contributed by atoms with E-state index in [0.29, 0.717) is 0 Å². The van der Waals surface area contributed by atoms with E-state index in [1.807, 2.05) is 18.7 Å². The Kier molecular flexibility index (Phi) is 4.73. The highest BCUT2D eigenvalue weighted by Crippen LogP contribution is 2.37. The summed E-state index contributed by atoms with van der Waals surface area (Å²) in [4.78, 5) is 13.7. The van der Waals surface area contributed by atoms with Crippen molar-refractivity contribution in [2.45, 2.75) is 47.0 Å². The largest absolute Gasteiger partial charge is 0.312 e. The molecule has 1 unspecified atom stereocenters. The van der Waals surface area contributed by atoms with Crippen molar-refractivity contribution in [1.29, 1.82) is 0 Å². The molecule has 0 saturated heterocycles. The minimum absolute atomic E-state index is 0.0323. The number of amides is 1. The van der Waals surface area contributed by atoms with Gasteiger partial charge in [-0.15, -0.1) is 0 Å². The van der Waals surface area contributed by atoms with Crippen molar-refractivity contribution in [3.63, 3.8) is 0 Å². The molecule has 1 aromatic rings. The predicted octanol–water partition coefficient (Wildman–Crippen LogP) is 3.88. The quantitative estimate of drug-likeness (QED) is 0.720. The van der Waals surface area contributed by atoms with Gasteiger partial charge >= 0.3 is 0 Å². The van der Waals surface area contributed by atoms with Gasteiger partial charge in [-0.25, -0.2) is 0 Å². The Morgan fingerprint density at radius 3 is 2.35 bits per heavy atom. The summed E-state index contributed by atoms with van der Waals surface area (Å²) in [5.74, 6) is 0.262. The third kappa shape index (κ3) is 2.68. The zero-order valence-electron chi connectivity index (χ0n) is 11.6. The van der Waals surface area contributed by atoms with Crippen LogP contribution in [0.15, 0.2) is 18.2 Å². The fraction of sp³-hybridized carbons (Fsp3) is 0.533. The number of likely N-dealkylation sites (N-methyl/N-ethyl adjacent to an activating group) is 1. The summed E-state index contributed by atoms with van der Waals surface area (Å²) in [5.41, 5.74) is 3.49. The maximum atomic E-state index is 11.8. The zero-order chi connectivity index (χ0) is 13.0. The lowest BCUT2D eigenvalue weighted by Gasteiger charge is -2.14. The predicted molar refractivity (Wildman–Crippen MR) is 73.6 cm³/mol. The fourth-order valence-corrected chi connectivity index (χ4v) is 2.08. The molecule has 2 rings (SSSR count). The van der Waals surface area contributed by atoms with Crippen molar-refractivity contribution in [1.82, 2.24) is 0 Å². The van der Waals surface area contributed by atoms with Crippen molar-refractivity contribution >= 4 is 11.6 Å². The molecule has 1 amide bonds. The van der Waals surface area contributed by atoms with Crippen LogP contribution in [0.25, 0.3) is 0 Å². The van der Waals surface area contributed by atoms with E-state index in [9.17, 15) is 4.79 Å². The summed E-state index contributed by atoms with van der Waals surface area (Å²) in [5, 5.41) is 0. The molecule has 17 heavy (non-hydrogen) atoms. The van der Waals surface area contributed by atoms with Crippen molar-refractivity contribution < 1.29 is 4.79 Å². The van der Waals surface area contributed by atoms with Gasteiger partial charge in [0.1, 0.15) is 0 Å². The van der Waals surface area contributed by atoms with Crippen LogP contribution in [-0.4, -0.2) is 12.5 Å². The molecular formula is C15H23NO. The Morgan fingerprint density at radius 1 is 1.24 bits per heavy atom. The summed E-state index contributed by atoms with van der Waals surface area (Å²) in [6, 6.07) is 6.23. The van der Waals surface area contributed by atoms with Gasteiger partial charge in [-0.1, -0.05) is 38.0 Å². The Labute approximate surface area is 105 Å². The maximum Gasteiger partial charge on any atom is 0.234 e. The number of nitrogens with zero attached hydrogens (tertiary/aromatic N) is 1. The highest BCUT2D eigenvalue weighted by molar-refractivity contribution is 6.04. The van der Waals surface area contributed by atoms with Gasteiger partial charge < -0.3 is 4.90 Å². The van der Waals surface area contributed by atoms with Crippen LogP contribution in [0, 0.1) is 6.92 Å². The molecule has 1 aliphatic heterocycles. The summed E-state index contributed by atoms with van der Waals surface area (Å²) in [6.45, 7) is 11.1. The molecule has 0 bridgehead atoms. The standard InChI is InChI=1S/C12H15NO.C3H8/c1-4-13-11-6-5-8(2)7-10(11)9(3)12(13)14;1-3-2/h5-7,9H,4H2,1-3H3;3H2,1-2H3. The van der Waals surface area contributed by atoms with Gasteiger partial charge in [0.15, 0.2) is 0 Å². The van der Waals surface area contributed by atoms with Gasteiger partial charge in [0, 0.05) is 12.2 Å². The average Bonchev–Trinajstić information content (AvgIpc) is 2.53.